The van der Waals surface area contributed by atoms with Gasteiger partial charge in [0.1, 0.15) is 17.3 Å². The Morgan fingerprint density at radius 2 is 2.31 bits per heavy atom. The normalized spacial score (nSPS) is 10.3. The summed E-state index contributed by atoms with van der Waals surface area (Å²) < 4.78 is 1.41. The molecule has 0 bridgehead atoms. The second-order valence-corrected chi connectivity index (χ2v) is 3.64. The van der Waals surface area contributed by atoms with Crippen LogP contribution in [-0.4, -0.2) is 9.38 Å². The summed E-state index contributed by atoms with van der Waals surface area (Å²) in [6, 6.07) is 5.58. The first-order chi connectivity index (χ1) is 7.67. The number of hydrogen-bond donors (Lipinski definition) is 0. The molecule has 0 aliphatic carbocycles. The standard InChI is InChI=1S/C12H11N3O/c1-3-10-9(7-13)12(16)15-5-4-8(2)6-11(15)14-10/h4-6H,3H2,1-2H3. The van der Waals surface area contributed by atoms with Crippen molar-refractivity contribution in [3.8, 4) is 6.07 Å². The quantitative estimate of drug-likeness (QED) is 0.720. The van der Waals surface area contributed by atoms with Crippen molar-refractivity contribution in [2.75, 3.05) is 0 Å². The minimum atomic E-state index is -0.288. The van der Waals surface area contributed by atoms with E-state index < -0.39 is 0 Å². The second-order valence-electron chi connectivity index (χ2n) is 3.64. The predicted molar refractivity (Wildman–Crippen MR) is 60.3 cm³/mol. The van der Waals surface area contributed by atoms with Gasteiger partial charge in [0.15, 0.2) is 0 Å². The van der Waals surface area contributed by atoms with Crippen LogP contribution in [0.25, 0.3) is 5.65 Å². The second kappa shape index (κ2) is 3.78. The first-order valence-electron chi connectivity index (χ1n) is 5.09. The van der Waals surface area contributed by atoms with E-state index >= 15 is 0 Å². The van der Waals surface area contributed by atoms with Gasteiger partial charge in [0.25, 0.3) is 5.56 Å². The summed E-state index contributed by atoms with van der Waals surface area (Å²) in [7, 11) is 0. The van der Waals surface area contributed by atoms with Crippen LogP contribution in [0.2, 0.25) is 0 Å². The van der Waals surface area contributed by atoms with E-state index in [9.17, 15) is 4.79 Å². The number of pyridine rings is 1. The lowest BCUT2D eigenvalue weighted by Crippen LogP contribution is -2.20. The Bertz CT molecular complexity index is 650. The maximum Gasteiger partial charge on any atom is 0.276 e. The molecular weight excluding hydrogens is 202 g/mol. The summed E-state index contributed by atoms with van der Waals surface area (Å²) in [4.78, 5) is 16.3. The molecule has 0 N–H and O–H groups in total. The topological polar surface area (TPSA) is 58.2 Å². The van der Waals surface area contributed by atoms with Gasteiger partial charge >= 0.3 is 0 Å². The minimum Gasteiger partial charge on any atom is -0.267 e. The Labute approximate surface area is 92.8 Å². The summed E-state index contributed by atoms with van der Waals surface area (Å²) in [6.07, 6.45) is 2.24. The minimum absolute atomic E-state index is 0.142. The summed E-state index contributed by atoms with van der Waals surface area (Å²) in [5.41, 5.74) is 2.06. The molecule has 0 fully saturated rings. The van der Waals surface area contributed by atoms with Crippen molar-refractivity contribution >= 4 is 5.65 Å². The Balaban J connectivity index is 2.95. The molecule has 0 unspecified atom stereocenters. The summed E-state index contributed by atoms with van der Waals surface area (Å²) in [5.74, 6) is 0. The van der Waals surface area contributed by atoms with Gasteiger partial charge < -0.3 is 0 Å². The van der Waals surface area contributed by atoms with E-state index in [0.29, 0.717) is 17.8 Å². The zero-order chi connectivity index (χ0) is 11.7. The maximum atomic E-state index is 12.0. The molecule has 80 valence electrons. The summed E-state index contributed by atoms with van der Waals surface area (Å²) >= 11 is 0. The van der Waals surface area contributed by atoms with Crippen molar-refractivity contribution in [1.29, 1.82) is 5.26 Å². The van der Waals surface area contributed by atoms with Crippen molar-refractivity contribution < 1.29 is 0 Å². The van der Waals surface area contributed by atoms with Crippen LogP contribution in [0.1, 0.15) is 23.7 Å². The van der Waals surface area contributed by atoms with Gasteiger partial charge in [-0.2, -0.15) is 5.26 Å². The molecule has 2 aromatic heterocycles. The molecule has 0 amide bonds. The van der Waals surface area contributed by atoms with Crippen molar-refractivity contribution in [2.45, 2.75) is 20.3 Å². The average molecular weight is 213 g/mol. The van der Waals surface area contributed by atoms with E-state index in [2.05, 4.69) is 4.98 Å². The third kappa shape index (κ3) is 1.47. The number of nitriles is 1. The molecular formula is C12H11N3O. The van der Waals surface area contributed by atoms with E-state index in [1.54, 1.807) is 6.20 Å². The first kappa shape index (κ1) is 10.4. The van der Waals surface area contributed by atoms with Crippen LogP contribution in [0.5, 0.6) is 0 Å². The number of rotatable bonds is 1. The Morgan fingerprint density at radius 1 is 1.56 bits per heavy atom. The lowest BCUT2D eigenvalue weighted by atomic mass is 10.2. The fourth-order valence-corrected chi connectivity index (χ4v) is 1.65. The molecule has 4 heteroatoms. The fraction of sp³-hybridized carbons (Fsp3) is 0.250. The van der Waals surface area contributed by atoms with Gasteiger partial charge in [-0.05, 0) is 31.0 Å². The molecule has 0 saturated carbocycles. The van der Waals surface area contributed by atoms with Crippen LogP contribution in [0.3, 0.4) is 0 Å². The lowest BCUT2D eigenvalue weighted by Gasteiger charge is -2.05. The molecule has 0 saturated heterocycles. The molecule has 2 aromatic rings. The van der Waals surface area contributed by atoms with Crippen LogP contribution in [0, 0.1) is 18.3 Å². The third-order valence-corrected chi connectivity index (χ3v) is 2.51. The summed E-state index contributed by atoms with van der Waals surface area (Å²) in [6.45, 7) is 3.82. The van der Waals surface area contributed by atoms with Gasteiger partial charge in [0.05, 0.1) is 5.69 Å². The van der Waals surface area contributed by atoms with E-state index in [4.69, 9.17) is 5.26 Å². The zero-order valence-corrected chi connectivity index (χ0v) is 9.19. The zero-order valence-electron chi connectivity index (χ0n) is 9.19. The molecule has 0 aliphatic heterocycles. The highest BCUT2D eigenvalue weighted by Gasteiger charge is 2.10. The Hall–Kier alpha value is -2.15. The van der Waals surface area contributed by atoms with Gasteiger partial charge in [-0.1, -0.05) is 6.92 Å². The maximum absolute atomic E-state index is 12.0. The van der Waals surface area contributed by atoms with Gasteiger partial charge in [0.2, 0.25) is 0 Å². The van der Waals surface area contributed by atoms with Crippen molar-refractivity contribution in [3.63, 3.8) is 0 Å². The van der Waals surface area contributed by atoms with Gasteiger partial charge in [-0.3, -0.25) is 9.20 Å². The van der Waals surface area contributed by atoms with Gasteiger partial charge in [-0.25, -0.2) is 4.98 Å². The average Bonchev–Trinajstić information content (AvgIpc) is 2.28. The van der Waals surface area contributed by atoms with Crippen LogP contribution < -0.4 is 5.56 Å². The number of hydrogen-bond acceptors (Lipinski definition) is 3. The lowest BCUT2D eigenvalue weighted by molar-refractivity contribution is 0.950. The van der Waals surface area contributed by atoms with Crippen LogP contribution in [0.15, 0.2) is 23.1 Å². The third-order valence-electron chi connectivity index (χ3n) is 2.51. The Kier molecular flexibility index (Phi) is 2.45. The van der Waals surface area contributed by atoms with Crippen LogP contribution >= 0.6 is 0 Å². The van der Waals surface area contributed by atoms with Crippen molar-refractivity contribution in [1.82, 2.24) is 9.38 Å². The highest BCUT2D eigenvalue weighted by atomic mass is 16.1. The SMILES string of the molecule is CCc1nc2cc(C)ccn2c(=O)c1C#N. The van der Waals surface area contributed by atoms with Crippen LogP contribution in [-0.2, 0) is 6.42 Å². The molecule has 4 nitrogen and oxygen atoms in total. The molecule has 16 heavy (non-hydrogen) atoms. The number of aryl methyl sites for hydroxylation is 2. The largest absolute Gasteiger partial charge is 0.276 e. The molecule has 0 aromatic carbocycles. The van der Waals surface area contributed by atoms with Gasteiger partial charge in [-0.15, -0.1) is 0 Å². The monoisotopic (exact) mass is 213 g/mol. The smallest absolute Gasteiger partial charge is 0.267 e. The molecule has 2 rings (SSSR count). The van der Waals surface area contributed by atoms with E-state index in [0.717, 1.165) is 5.56 Å². The van der Waals surface area contributed by atoms with E-state index in [-0.39, 0.29) is 11.1 Å². The molecule has 2 heterocycles. The molecule has 0 atom stereocenters. The summed E-state index contributed by atoms with van der Waals surface area (Å²) in [5, 5.41) is 8.94. The first-order valence-corrected chi connectivity index (χ1v) is 5.09. The molecule has 0 aliphatic rings. The highest BCUT2D eigenvalue weighted by molar-refractivity contribution is 5.45. The Morgan fingerprint density at radius 3 is 2.94 bits per heavy atom. The molecule has 0 radical (unpaired) electrons. The highest BCUT2D eigenvalue weighted by Crippen LogP contribution is 2.06. The van der Waals surface area contributed by atoms with E-state index in [1.807, 2.05) is 32.0 Å². The predicted octanol–water partition coefficient (Wildman–Crippen LogP) is 1.44. The molecule has 0 spiro atoms. The fourth-order valence-electron chi connectivity index (χ4n) is 1.65. The number of aromatic nitrogens is 2. The van der Waals surface area contributed by atoms with Crippen molar-refractivity contribution in [2.24, 2.45) is 0 Å². The van der Waals surface area contributed by atoms with Gasteiger partial charge in [0, 0.05) is 6.20 Å². The number of nitrogens with zero attached hydrogens (tertiary/aromatic N) is 3. The van der Waals surface area contributed by atoms with Crippen molar-refractivity contribution in [3.05, 3.63) is 45.5 Å². The van der Waals surface area contributed by atoms with Crippen LogP contribution in [0.4, 0.5) is 0 Å². The van der Waals surface area contributed by atoms with E-state index in [1.165, 1.54) is 4.40 Å². The number of fused-ring (bicyclic) bond motifs is 1.